The molecule has 2 rings (SSSR count). The van der Waals surface area contributed by atoms with Crippen molar-refractivity contribution in [2.45, 2.75) is 0 Å². The van der Waals surface area contributed by atoms with E-state index in [0.29, 0.717) is 12.2 Å². The molecule has 1 aliphatic rings. The van der Waals surface area contributed by atoms with E-state index < -0.39 is 0 Å². The summed E-state index contributed by atoms with van der Waals surface area (Å²) < 4.78 is 5.25. The molecule has 0 saturated carbocycles. The van der Waals surface area contributed by atoms with E-state index in [1.54, 1.807) is 0 Å². The summed E-state index contributed by atoms with van der Waals surface area (Å²) in [6.45, 7) is 4.53. The quantitative estimate of drug-likeness (QED) is 0.738. The van der Waals surface area contributed by atoms with Crippen molar-refractivity contribution < 1.29 is 14.6 Å². The number of ether oxygens (including phenoxy) is 1. The van der Waals surface area contributed by atoms with E-state index in [-0.39, 0.29) is 21.8 Å². The number of phenolic OH excluding ortho intramolecular Hbond substituents is 1. The van der Waals surface area contributed by atoms with Crippen molar-refractivity contribution in [1.29, 1.82) is 0 Å². The number of amides is 2. The largest absolute Gasteiger partial charge is 0.505 e. The number of benzene rings is 1. The van der Waals surface area contributed by atoms with E-state index in [1.165, 1.54) is 12.1 Å². The van der Waals surface area contributed by atoms with E-state index in [4.69, 9.17) is 27.9 Å². The van der Waals surface area contributed by atoms with Crippen LogP contribution in [0.5, 0.6) is 5.75 Å². The van der Waals surface area contributed by atoms with Crippen LogP contribution in [0.2, 0.25) is 10.0 Å². The van der Waals surface area contributed by atoms with Crippen molar-refractivity contribution in [3.05, 3.63) is 22.2 Å². The molecule has 0 spiro atoms. The third-order valence-corrected chi connectivity index (χ3v) is 3.67. The number of nitrogens with zero attached hydrogens (tertiary/aromatic N) is 1. The fraction of sp³-hybridized carbons (Fsp3) is 0.462. The standard InChI is InChI=1S/C13H17Cl2N3O3/c14-10-7-9(8-11(15)12(10)19)17-13(20)16-1-2-18-3-5-21-6-4-18/h7-8,19H,1-6H2,(H2,16,17,20). The van der Waals surface area contributed by atoms with Gasteiger partial charge in [0.15, 0.2) is 5.75 Å². The molecule has 0 unspecified atom stereocenters. The van der Waals surface area contributed by atoms with Gasteiger partial charge in [-0.25, -0.2) is 4.79 Å². The Kier molecular flexibility index (Phi) is 5.93. The third kappa shape index (κ3) is 4.93. The van der Waals surface area contributed by atoms with Crippen LogP contribution in [0.3, 0.4) is 0 Å². The molecule has 0 bridgehead atoms. The average Bonchev–Trinajstić information content (AvgIpc) is 2.46. The molecule has 116 valence electrons. The highest BCUT2D eigenvalue weighted by Crippen LogP contribution is 2.34. The molecule has 1 aromatic carbocycles. The van der Waals surface area contributed by atoms with Gasteiger partial charge in [-0.3, -0.25) is 4.90 Å². The Balaban J connectivity index is 1.76. The van der Waals surface area contributed by atoms with Gasteiger partial charge in [0.05, 0.1) is 23.3 Å². The molecular formula is C13H17Cl2N3O3. The Morgan fingerprint density at radius 2 is 1.90 bits per heavy atom. The molecular weight excluding hydrogens is 317 g/mol. The molecule has 1 fully saturated rings. The number of carbonyl (C=O) groups is 1. The number of hydrogen-bond donors (Lipinski definition) is 3. The summed E-state index contributed by atoms with van der Waals surface area (Å²) in [5.41, 5.74) is 0.423. The van der Waals surface area contributed by atoms with Crippen molar-refractivity contribution in [3.63, 3.8) is 0 Å². The van der Waals surface area contributed by atoms with Crippen LogP contribution in [0.15, 0.2) is 12.1 Å². The van der Waals surface area contributed by atoms with Crippen LogP contribution >= 0.6 is 23.2 Å². The predicted molar refractivity (Wildman–Crippen MR) is 82.4 cm³/mol. The summed E-state index contributed by atoms with van der Waals surface area (Å²) in [7, 11) is 0. The second kappa shape index (κ2) is 7.70. The van der Waals surface area contributed by atoms with Crippen LogP contribution < -0.4 is 10.6 Å². The molecule has 3 N–H and O–H groups in total. The Hall–Kier alpha value is -1.21. The summed E-state index contributed by atoms with van der Waals surface area (Å²) in [6.07, 6.45) is 0. The lowest BCUT2D eigenvalue weighted by molar-refractivity contribution is 0.0388. The number of phenols is 1. The summed E-state index contributed by atoms with van der Waals surface area (Å²) in [6, 6.07) is 2.52. The smallest absolute Gasteiger partial charge is 0.319 e. The van der Waals surface area contributed by atoms with Gasteiger partial charge in [0.1, 0.15) is 0 Å². The van der Waals surface area contributed by atoms with Crippen LogP contribution in [-0.2, 0) is 4.74 Å². The van der Waals surface area contributed by atoms with Gasteiger partial charge >= 0.3 is 6.03 Å². The van der Waals surface area contributed by atoms with Gasteiger partial charge in [0.2, 0.25) is 0 Å². The lowest BCUT2D eigenvalue weighted by atomic mass is 10.3. The van der Waals surface area contributed by atoms with Gasteiger partial charge in [-0.05, 0) is 12.1 Å². The maximum Gasteiger partial charge on any atom is 0.319 e. The van der Waals surface area contributed by atoms with E-state index in [2.05, 4.69) is 15.5 Å². The molecule has 0 aromatic heterocycles. The van der Waals surface area contributed by atoms with Gasteiger partial charge < -0.3 is 20.5 Å². The van der Waals surface area contributed by atoms with Gasteiger partial charge in [-0.15, -0.1) is 0 Å². The van der Waals surface area contributed by atoms with Gasteiger partial charge in [-0.1, -0.05) is 23.2 Å². The molecule has 6 nitrogen and oxygen atoms in total. The van der Waals surface area contributed by atoms with Gasteiger partial charge in [0.25, 0.3) is 0 Å². The number of urea groups is 1. The SMILES string of the molecule is O=C(NCCN1CCOCC1)Nc1cc(Cl)c(O)c(Cl)c1. The van der Waals surface area contributed by atoms with E-state index in [0.717, 1.165) is 32.8 Å². The van der Waals surface area contributed by atoms with Crippen LogP contribution in [-0.4, -0.2) is 55.4 Å². The summed E-state index contributed by atoms with van der Waals surface area (Å²) in [5.74, 6) is -0.198. The van der Waals surface area contributed by atoms with Crippen molar-refractivity contribution in [3.8, 4) is 5.75 Å². The first-order valence-corrected chi connectivity index (χ1v) is 7.35. The highest BCUT2D eigenvalue weighted by Gasteiger charge is 2.11. The number of aromatic hydroxyl groups is 1. The first-order chi connectivity index (χ1) is 10.1. The minimum absolute atomic E-state index is 0.0890. The average molecular weight is 334 g/mol. The molecule has 21 heavy (non-hydrogen) atoms. The van der Waals surface area contributed by atoms with Crippen molar-refractivity contribution in [2.24, 2.45) is 0 Å². The minimum atomic E-state index is -0.346. The third-order valence-electron chi connectivity index (χ3n) is 3.09. The number of anilines is 1. The first kappa shape index (κ1) is 16.2. The molecule has 0 radical (unpaired) electrons. The van der Waals surface area contributed by atoms with Crippen LogP contribution in [0, 0.1) is 0 Å². The second-order valence-corrected chi connectivity index (χ2v) is 5.44. The van der Waals surface area contributed by atoms with Gasteiger partial charge in [-0.2, -0.15) is 0 Å². The van der Waals surface area contributed by atoms with Crippen molar-refractivity contribution in [1.82, 2.24) is 10.2 Å². The highest BCUT2D eigenvalue weighted by molar-refractivity contribution is 6.37. The van der Waals surface area contributed by atoms with E-state index in [1.807, 2.05) is 0 Å². The van der Waals surface area contributed by atoms with Gasteiger partial charge in [0, 0.05) is 31.9 Å². The Bertz CT molecular complexity index is 484. The molecule has 0 atom stereocenters. The van der Waals surface area contributed by atoms with Crippen LogP contribution in [0.1, 0.15) is 0 Å². The number of morpholine rings is 1. The molecule has 2 amide bonds. The number of carbonyl (C=O) groups excluding carboxylic acids is 1. The summed E-state index contributed by atoms with van der Waals surface area (Å²) in [5, 5.41) is 15.0. The van der Waals surface area contributed by atoms with Crippen molar-refractivity contribution in [2.75, 3.05) is 44.7 Å². The number of nitrogens with one attached hydrogen (secondary N) is 2. The fourth-order valence-corrected chi connectivity index (χ4v) is 2.45. The first-order valence-electron chi connectivity index (χ1n) is 6.59. The molecule has 0 aliphatic carbocycles. The maximum absolute atomic E-state index is 11.7. The molecule has 1 aromatic rings. The normalized spacial score (nSPS) is 15.7. The second-order valence-electron chi connectivity index (χ2n) is 4.62. The number of halogens is 2. The van der Waals surface area contributed by atoms with Crippen molar-refractivity contribution >= 4 is 34.9 Å². The van der Waals surface area contributed by atoms with E-state index in [9.17, 15) is 9.90 Å². The Morgan fingerprint density at radius 1 is 1.29 bits per heavy atom. The zero-order valence-corrected chi connectivity index (χ0v) is 12.9. The predicted octanol–water partition coefficient (Wildman–Crippen LogP) is 2.15. The fourth-order valence-electron chi connectivity index (χ4n) is 1.97. The van der Waals surface area contributed by atoms with Crippen LogP contribution in [0.25, 0.3) is 0 Å². The topological polar surface area (TPSA) is 73.8 Å². The lowest BCUT2D eigenvalue weighted by Crippen LogP contribution is -2.42. The van der Waals surface area contributed by atoms with Crippen LogP contribution in [0.4, 0.5) is 10.5 Å². The molecule has 8 heteroatoms. The summed E-state index contributed by atoms with van der Waals surface area (Å²) >= 11 is 11.6. The lowest BCUT2D eigenvalue weighted by Gasteiger charge is -2.26. The monoisotopic (exact) mass is 333 g/mol. The number of hydrogen-bond acceptors (Lipinski definition) is 4. The zero-order valence-electron chi connectivity index (χ0n) is 11.4. The molecule has 1 heterocycles. The molecule has 1 saturated heterocycles. The summed E-state index contributed by atoms with van der Waals surface area (Å²) in [4.78, 5) is 14.0. The maximum atomic E-state index is 11.7. The highest BCUT2D eigenvalue weighted by atomic mass is 35.5. The zero-order chi connectivity index (χ0) is 15.2. The minimum Gasteiger partial charge on any atom is -0.505 e. The Labute approximate surface area is 133 Å². The Morgan fingerprint density at radius 3 is 2.52 bits per heavy atom. The number of rotatable bonds is 4. The molecule has 1 aliphatic heterocycles. The van der Waals surface area contributed by atoms with E-state index >= 15 is 0 Å².